The fourth-order valence-electron chi connectivity index (χ4n) is 1.16. The molecular weight excluding hydrogens is 148 g/mol. The van der Waals surface area contributed by atoms with Gasteiger partial charge in [-0.2, -0.15) is 0 Å². The summed E-state index contributed by atoms with van der Waals surface area (Å²) in [4.78, 5) is 0. The fourth-order valence-corrected chi connectivity index (χ4v) is 1.16. The Morgan fingerprint density at radius 3 is 2.50 bits per heavy atom. The molecule has 12 heavy (non-hydrogen) atoms. The molecule has 0 amide bonds. The molecular formula is C11H16O. The van der Waals surface area contributed by atoms with Gasteiger partial charge in [-0.05, 0) is 38.5 Å². The zero-order valence-electron chi connectivity index (χ0n) is 8.27. The quantitative estimate of drug-likeness (QED) is 0.576. The van der Waals surface area contributed by atoms with Gasteiger partial charge in [-0.25, -0.2) is 0 Å². The smallest absolute Gasteiger partial charge is 0.104 e. The number of hydrogen-bond donors (Lipinski definition) is 0. The summed E-state index contributed by atoms with van der Waals surface area (Å²) in [6, 6.07) is 0. The van der Waals surface area contributed by atoms with E-state index in [1.165, 1.54) is 11.1 Å². The molecule has 0 unspecified atom stereocenters. The number of allylic oxidation sites excluding steroid dienone is 6. The van der Waals surface area contributed by atoms with Gasteiger partial charge in [0.15, 0.2) is 0 Å². The van der Waals surface area contributed by atoms with Crippen LogP contribution in [0.15, 0.2) is 34.8 Å². The maximum Gasteiger partial charge on any atom is 0.104 e. The molecule has 0 aromatic heterocycles. The van der Waals surface area contributed by atoms with Crippen LogP contribution in [0.3, 0.4) is 0 Å². The Labute approximate surface area is 74.4 Å². The van der Waals surface area contributed by atoms with Crippen LogP contribution in [0, 0.1) is 0 Å². The van der Waals surface area contributed by atoms with Gasteiger partial charge in [-0.1, -0.05) is 12.5 Å². The van der Waals surface area contributed by atoms with Crippen molar-refractivity contribution in [1.82, 2.24) is 0 Å². The average Bonchev–Trinajstić information content (AvgIpc) is 2.03. The van der Waals surface area contributed by atoms with Crippen LogP contribution in [-0.2, 0) is 4.74 Å². The van der Waals surface area contributed by atoms with Crippen LogP contribution >= 0.6 is 0 Å². The third-order valence-corrected chi connectivity index (χ3v) is 1.89. The molecule has 0 bridgehead atoms. The van der Waals surface area contributed by atoms with Gasteiger partial charge in [0, 0.05) is 6.42 Å². The summed E-state index contributed by atoms with van der Waals surface area (Å²) in [5.41, 5.74) is 2.62. The summed E-state index contributed by atoms with van der Waals surface area (Å²) in [6.45, 7) is 8.33. The van der Waals surface area contributed by atoms with Crippen LogP contribution in [0.5, 0.6) is 0 Å². The molecule has 0 saturated carbocycles. The molecule has 1 nitrogen and oxygen atoms in total. The van der Waals surface area contributed by atoms with Crippen LogP contribution in [0.4, 0.5) is 0 Å². The van der Waals surface area contributed by atoms with E-state index in [4.69, 9.17) is 4.74 Å². The van der Waals surface area contributed by atoms with Crippen molar-refractivity contribution in [3.8, 4) is 0 Å². The highest BCUT2D eigenvalue weighted by Crippen LogP contribution is 2.22. The Bertz CT molecular complexity index is 263. The zero-order valence-corrected chi connectivity index (χ0v) is 8.27. The van der Waals surface area contributed by atoms with Crippen molar-refractivity contribution in [2.75, 3.05) is 0 Å². The maximum absolute atomic E-state index is 5.50. The van der Waals surface area contributed by atoms with Crippen molar-refractivity contribution in [2.24, 2.45) is 0 Å². The normalized spacial score (nSPS) is 16.5. The first-order chi connectivity index (χ1) is 5.63. The van der Waals surface area contributed by atoms with Crippen LogP contribution in [-0.4, -0.2) is 0 Å². The van der Waals surface area contributed by atoms with Gasteiger partial charge in [0.2, 0.25) is 0 Å². The second-order valence-electron chi connectivity index (χ2n) is 3.28. The molecule has 0 spiro atoms. The summed E-state index contributed by atoms with van der Waals surface area (Å²) in [5.74, 6) is 2.05. The van der Waals surface area contributed by atoms with E-state index in [2.05, 4.69) is 32.9 Å². The van der Waals surface area contributed by atoms with Crippen LogP contribution in [0.2, 0.25) is 0 Å². The van der Waals surface area contributed by atoms with Gasteiger partial charge < -0.3 is 4.74 Å². The minimum Gasteiger partial charge on any atom is -0.466 e. The molecule has 1 heteroatoms. The molecule has 0 radical (unpaired) electrons. The molecule has 0 atom stereocenters. The van der Waals surface area contributed by atoms with Crippen LogP contribution in [0.25, 0.3) is 0 Å². The molecule has 1 aliphatic rings. The molecule has 1 aliphatic heterocycles. The van der Waals surface area contributed by atoms with E-state index in [0.29, 0.717) is 0 Å². The minimum atomic E-state index is 0.960. The number of hydrogen-bond acceptors (Lipinski definition) is 1. The lowest BCUT2D eigenvalue weighted by atomic mass is 10.1. The molecule has 0 aromatic rings. The van der Waals surface area contributed by atoms with E-state index in [1.54, 1.807) is 0 Å². The Morgan fingerprint density at radius 2 is 2.00 bits per heavy atom. The van der Waals surface area contributed by atoms with Crippen molar-refractivity contribution in [2.45, 2.75) is 34.1 Å². The summed E-state index contributed by atoms with van der Waals surface area (Å²) in [5, 5.41) is 0. The third kappa shape index (κ3) is 2.00. The van der Waals surface area contributed by atoms with E-state index in [-0.39, 0.29) is 0 Å². The summed E-state index contributed by atoms with van der Waals surface area (Å²) >= 11 is 0. The third-order valence-electron chi connectivity index (χ3n) is 1.89. The first kappa shape index (κ1) is 9.11. The first-order valence-electron chi connectivity index (χ1n) is 4.37. The van der Waals surface area contributed by atoms with E-state index in [9.17, 15) is 0 Å². The van der Waals surface area contributed by atoms with E-state index >= 15 is 0 Å². The first-order valence-corrected chi connectivity index (χ1v) is 4.37. The lowest BCUT2D eigenvalue weighted by Crippen LogP contribution is -1.97. The number of rotatable bonds is 1. The Morgan fingerprint density at radius 1 is 1.33 bits per heavy atom. The Hall–Kier alpha value is -0.980. The largest absolute Gasteiger partial charge is 0.466 e. The van der Waals surface area contributed by atoms with E-state index in [0.717, 1.165) is 17.9 Å². The molecule has 0 aromatic carbocycles. The molecule has 0 N–H and O–H groups in total. The summed E-state index contributed by atoms with van der Waals surface area (Å²) in [6.07, 6.45) is 5.15. The van der Waals surface area contributed by atoms with Gasteiger partial charge in [0.05, 0.1) is 0 Å². The van der Waals surface area contributed by atoms with Gasteiger partial charge in [0.25, 0.3) is 0 Å². The van der Waals surface area contributed by atoms with Gasteiger partial charge >= 0.3 is 0 Å². The second kappa shape index (κ2) is 3.61. The lowest BCUT2D eigenvalue weighted by Gasteiger charge is -2.15. The van der Waals surface area contributed by atoms with Gasteiger partial charge in [-0.3, -0.25) is 0 Å². The SMILES string of the molecule is CCC1=CC(=C(C)C)C=C(C)O1. The molecule has 1 rings (SSSR count). The summed E-state index contributed by atoms with van der Waals surface area (Å²) in [7, 11) is 0. The molecule has 66 valence electrons. The predicted octanol–water partition coefficient (Wildman–Crippen LogP) is 3.55. The van der Waals surface area contributed by atoms with Crippen LogP contribution in [0.1, 0.15) is 34.1 Å². The lowest BCUT2D eigenvalue weighted by molar-refractivity contribution is 0.291. The highest BCUT2D eigenvalue weighted by molar-refractivity contribution is 5.39. The monoisotopic (exact) mass is 164 g/mol. The Balaban J connectivity index is 2.97. The zero-order chi connectivity index (χ0) is 9.14. The summed E-state index contributed by atoms with van der Waals surface area (Å²) < 4.78 is 5.50. The second-order valence-corrected chi connectivity index (χ2v) is 3.28. The minimum absolute atomic E-state index is 0.960. The van der Waals surface area contributed by atoms with E-state index < -0.39 is 0 Å². The maximum atomic E-state index is 5.50. The number of ether oxygens (including phenoxy) is 1. The topological polar surface area (TPSA) is 9.23 Å². The van der Waals surface area contributed by atoms with E-state index in [1.807, 2.05) is 6.92 Å². The molecule has 0 saturated heterocycles. The molecule has 0 aliphatic carbocycles. The van der Waals surface area contributed by atoms with Crippen molar-refractivity contribution >= 4 is 0 Å². The van der Waals surface area contributed by atoms with Crippen molar-refractivity contribution < 1.29 is 4.74 Å². The van der Waals surface area contributed by atoms with Crippen molar-refractivity contribution in [1.29, 1.82) is 0 Å². The highest BCUT2D eigenvalue weighted by Gasteiger charge is 2.06. The van der Waals surface area contributed by atoms with Crippen molar-refractivity contribution in [3.63, 3.8) is 0 Å². The standard InChI is InChI=1S/C11H16O/c1-5-11-7-10(8(2)3)6-9(4)12-11/h6-7H,5H2,1-4H3. The van der Waals surface area contributed by atoms with Gasteiger partial charge in [0.1, 0.15) is 11.5 Å². The average molecular weight is 164 g/mol. The Kier molecular flexibility index (Phi) is 2.74. The predicted molar refractivity (Wildman–Crippen MR) is 51.6 cm³/mol. The fraction of sp³-hybridized carbons (Fsp3) is 0.455. The molecule has 0 fully saturated rings. The molecule has 1 heterocycles. The van der Waals surface area contributed by atoms with Crippen molar-refractivity contribution in [3.05, 3.63) is 34.8 Å². The highest BCUT2D eigenvalue weighted by atomic mass is 16.5. The van der Waals surface area contributed by atoms with Gasteiger partial charge in [-0.15, -0.1) is 0 Å². The van der Waals surface area contributed by atoms with Crippen LogP contribution < -0.4 is 0 Å².